The minimum absolute atomic E-state index is 0.186. The van der Waals surface area contributed by atoms with Crippen molar-refractivity contribution in [3.8, 4) is 0 Å². The Morgan fingerprint density at radius 3 is 2.33 bits per heavy atom. The predicted octanol–water partition coefficient (Wildman–Crippen LogP) is 3.74. The molecule has 2 aromatic carbocycles. The first-order chi connectivity index (χ1) is 14.4. The molecular weight excluding hydrogens is 384 g/mol. The van der Waals surface area contributed by atoms with Crippen LogP contribution < -0.4 is 5.32 Å². The highest BCUT2D eigenvalue weighted by molar-refractivity contribution is 6.02. The summed E-state index contributed by atoms with van der Waals surface area (Å²) in [6, 6.07) is 18.9. The molecule has 0 aliphatic heterocycles. The van der Waals surface area contributed by atoms with Gasteiger partial charge in [0.15, 0.2) is 11.9 Å². The van der Waals surface area contributed by atoms with E-state index in [2.05, 4.69) is 5.32 Å². The molecule has 0 saturated carbocycles. The fraction of sp³-hybridized carbons (Fsp3) is 0.174. The number of hydrogen-bond acceptors (Lipinski definition) is 5. The molecule has 3 rings (SSSR count). The summed E-state index contributed by atoms with van der Waals surface area (Å²) in [5, 5.41) is 2.66. The third kappa shape index (κ3) is 5.35. The number of nitrogens with one attached hydrogen (secondary N) is 1. The van der Waals surface area contributed by atoms with E-state index in [1.54, 1.807) is 38.2 Å². The van der Waals surface area contributed by atoms with Gasteiger partial charge >= 0.3 is 5.97 Å². The predicted molar refractivity (Wildman–Crippen MR) is 111 cm³/mol. The summed E-state index contributed by atoms with van der Waals surface area (Å²) in [7, 11) is 1.66. The van der Waals surface area contributed by atoms with E-state index < -0.39 is 18.0 Å². The number of carbonyl (C=O) groups excluding carboxylic acids is 3. The summed E-state index contributed by atoms with van der Waals surface area (Å²) < 4.78 is 10.3. The van der Waals surface area contributed by atoms with Crippen molar-refractivity contribution in [2.45, 2.75) is 19.6 Å². The Balaban J connectivity index is 1.54. The Kier molecular flexibility index (Phi) is 6.64. The van der Waals surface area contributed by atoms with Gasteiger partial charge in [-0.15, -0.1) is 0 Å². The van der Waals surface area contributed by atoms with Crippen molar-refractivity contribution in [1.82, 2.24) is 4.90 Å². The van der Waals surface area contributed by atoms with Crippen LogP contribution in [0.15, 0.2) is 77.4 Å². The average Bonchev–Trinajstić information content (AvgIpc) is 3.29. The van der Waals surface area contributed by atoms with Crippen molar-refractivity contribution in [3.63, 3.8) is 0 Å². The van der Waals surface area contributed by atoms with Crippen LogP contribution in [-0.4, -0.2) is 35.8 Å². The molecule has 0 aliphatic carbocycles. The minimum atomic E-state index is -0.926. The lowest BCUT2D eigenvalue weighted by molar-refractivity contribution is -0.139. The van der Waals surface area contributed by atoms with Crippen LogP contribution in [0.3, 0.4) is 0 Å². The van der Waals surface area contributed by atoms with E-state index in [0.29, 0.717) is 12.2 Å². The number of hydrogen-bond donors (Lipinski definition) is 1. The van der Waals surface area contributed by atoms with Crippen LogP contribution >= 0.6 is 0 Å². The van der Waals surface area contributed by atoms with Crippen molar-refractivity contribution in [2.24, 2.45) is 0 Å². The number of amides is 2. The molecule has 2 amide bonds. The van der Waals surface area contributed by atoms with Gasteiger partial charge < -0.3 is 19.4 Å². The van der Waals surface area contributed by atoms with Gasteiger partial charge in [0.25, 0.3) is 11.8 Å². The number of likely N-dealkylation sites (N-methyl/N-ethyl adjacent to an activating group) is 1. The van der Waals surface area contributed by atoms with Crippen LogP contribution in [0, 0.1) is 0 Å². The molecule has 3 aromatic rings. The third-order valence-corrected chi connectivity index (χ3v) is 4.39. The minimum Gasteiger partial charge on any atom is -0.459 e. The second kappa shape index (κ2) is 9.56. The SMILES string of the molecule is CC(OC(=O)c1ccc(NC(=O)c2ccco2)cc1)C(=O)N(C)Cc1ccccc1. The lowest BCUT2D eigenvalue weighted by Gasteiger charge is -2.21. The summed E-state index contributed by atoms with van der Waals surface area (Å²) in [4.78, 5) is 38.3. The van der Waals surface area contributed by atoms with E-state index in [9.17, 15) is 14.4 Å². The first-order valence-corrected chi connectivity index (χ1v) is 9.39. The van der Waals surface area contributed by atoms with E-state index in [4.69, 9.17) is 9.15 Å². The van der Waals surface area contributed by atoms with E-state index in [0.717, 1.165) is 5.56 Å². The highest BCUT2D eigenvalue weighted by Gasteiger charge is 2.22. The van der Waals surface area contributed by atoms with Crippen molar-refractivity contribution in [1.29, 1.82) is 0 Å². The molecule has 0 fully saturated rings. The average molecular weight is 406 g/mol. The van der Waals surface area contributed by atoms with Gasteiger partial charge in [-0.1, -0.05) is 30.3 Å². The summed E-state index contributed by atoms with van der Waals surface area (Å²) in [5.74, 6) is -1.12. The van der Waals surface area contributed by atoms with Gasteiger partial charge in [0.2, 0.25) is 0 Å². The number of benzene rings is 2. The molecule has 7 heteroatoms. The van der Waals surface area contributed by atoms with E-state index in [1.807, 2.05) is 30.3 Å². The molecule has 1 aromatic heterocycles. The maximum Gasteiger partial charge on any atom is 0.338 e. The van der Waals surface area contributed by atoms with Gasteiger partial charge in [0, 0.05) is 19.3 Å². The molecule has 1 atom stereocenters. The topological polar surface area (TPSA) is 88.8 Å². The summed E-state index contributed by atoms with van der Waals surface area (Å²) in [6.07, 6.45) is 0.484. The zero-order chi connectivity index (χ0) is 21.5. The first-order valence-electron chi connectivity index (χ1n) is 9.39. The van der Waals surface area contributed by atoms with Crippen LogP contribution in [0.2, 0.25) is 0 Å². The summed E-state index contributed by atoms with van der Waals surface area (Å²) in [5.41, 5.74) is 1.76. The standard InChI is InChI=1S/C23H22N2O5/c1-16(22(27)25(2)15-17-7-4-3-5-8-17)30-23(28)18-10-12-19(13-11-18)24-21(26)20-9-6-14-29-20/h3-14,16H,15H2,1-2H3,(H,24,26). The number of ether oxygens (including phenoxy) is 1. The molecule has 0 aliphatic rings. The molecule has 7 nitrogen and oxygen atoms in total. The first kappa shape index (κ1) is 20.9. The van der Waals surface area contributed by atoms with Gasteiger partial charge in [0.1, 0.15) is 0 Å². The largest absolute Gasteiger partial charge is 0.459 e. The van der Waals surface area contributed by atoms with Gasteiger partial charge in [-0.05, 0) is 48.9 Å². The lowest BCUT2D eigenvalue weighted by Crippen LogP contribution is -2.37. The number of rotatable bonds is 7. The number of esters is 1. The molecule has 0 spiro atoms. The third-order valence-electron chi connectivity index (χ3n) is 4.39. The normalized spacial score (nSPS) is 11.4. The highest BCUT2D eigenvalue weighted by atomic mass is 16.5. The van der Waals surface area contributed by atoms with Crippen LogP contribution in [0.1, 0.15) is 33.4 Å². The number of anilines is 1. The molecule has 154 valence electrons. The Morgan fingerprint density at radius 1 is 1.00 bits per heavy atom. The fourth-order valence-electron chi connectivity index (χ4n) is 2.81. The summed E-state index contributed by atoms with van der Waals surface area (Å²) >= 11 is 0. The highest BCUT2D eigenvalue weighted by Crippen LogP contribution is 2.14. The Bertz CT molecular complexity index is 998. The second-order valence-electron chi connectivity index (χ2n) is 6.74. The molecule has 1 N–H and O–H groups in total. The summed E-state index contributed by atoms with van der Waals surface area (Å²) in [6.45, 7) is 1.96. The molecule has 0 bridgehead atoms. The molecule has 1 heterocycles. The molecular formula is C23H22N2O5. The van der Waals surface area contributed by atoms with Gasteiger partial charge in [-0.2, -0.15) is 0 Å². The van der Waals surface area contributed by atoms with Gasteiger partial charge in [-0.3, -0.25) is 9.59 Å². The van der Waals surface area contributed by atoms with Crippen LogP contribution in [-0.2, 0) is 16.1 Å². The number of furan rings is 1. The zero-order valence-corrected chi connectivity index (χ0v) is 16.7. The Morgan fingerprint density at radius 2 is 1.70 bits per heavy atom. The second-order valence-corrected chi connectivity index (χ2v) is 6.74. The van der Waals surface area contributed by atoms with Gasteiger partial charge in [-0.25, -0.2) is 4.79 Å². The van der Waals surface area contributed by atoms with E-state index >= 15 is 0 Å². The van der Waals surface area contributed by atoms with Crippen molar-refractivity contribution < 1.29 is 23.5 Å². The molecule has 30 heavy (non-hydrogen) atoms. The number of carbonyl (C=O) groups is 3. The maximum absolute atomic E-state index is 12.5. The lowest BCUT2D eigenvalue weighted by atomic mass is 10.2. The zero-order valence-electron chi connectivity index (χ0n) is 16.7. The Hall–Kier alpha value is -3.87. The van der Waals surface area contributed by atoms with Crippen LogP contribution in [0.25, 0.3) is 0 Å². The van der Waals surface area contributed by atoms with Crippen LogP contribution in [0.4, 0.5) is 5.69 Å². The Labute approximate surface area is 174 Å². The van der Waals surface area contributed by atoms with Crippen molar-refractivity contribution >= 4 is 23.5 Å². The van der Waals surface area contributed by atoms with E-state index in [-0.39, 0.29) is 17.2 Å². The van der Waals surface area contributed by atoms with E-state index in [1.165, 1.54) is 23.3 Å². The van der Waals surface area contributed by atoms with Crippen LogP contribution in [0.5, 0.6) is 0 Å². The van der Waals surface area contributed by atoms with Crippen molar-refractivity contribution in [2.75, 3.05) is 12.4 Å². The quantitative estimate of drug-likeness (QED) is 0.604. The van der Waals surface area contributed by atoms with Crippen molar-refractivity contribution in [3.05, 3.63) is 89.9 Å². The smallest absolute Gasteiger partial charge is 0.338 e. The number of nitrogens with zero attached hydrogens (tertiary/aromatic N) is 1. The maximum atomic E-state index is 12.5. The molecule has 1 unspecified atom stereocenters. The molecule has 0 radical (unpaired) electrons. The fourth-order valence-corrected chi connectivity index (χ4v) is 2.81. The van der Waals surface area contributed by atoms with Gasteiger partial charge in [0.05, 0.1) is 11.8 Å². The monoisotopic (exact) mass is 406 g/mol. The molecule has 0 saturated heterocycles.